The Bertz CT molecular complexity index is 459. The Labute approximate surface area is 102 Å². The average Bonchev–Trinajstić information content (AvgIpc) is 2.62. The van der Waals surface area contributed by atoms with Crippen molar-refractivity contribution in [2.24, 2.45) is 5.73 Å². The van der Waals surface area contributed by atoms with Gasteiger partial charge in [-0.2, -0.15) is 0 Å². The normalized spacial score (nSPS) is 12.9. The van der Waals surface area contributed by atoms with Crippen LogP contribution in [0.3, 0.4) is 0 Å². The fourth-order valence-electron chi connectivity index (χ4n) is 1.35. The molecule has 6 nitrogen and oxygen atoms in total. The molecule has 0 saturated heterocycles. The lowest BCUT2D eigenvalue weighted by Gasteiger charge is -2.13. The van der Waals surface area contributed by atoms with E-state index in [1.54, 1.807) is 6.20 Å². The summed E-state index contributed by atoms with van der Waals surface area (Å²) in [5.41, 5.74) is 5.97. The smallest absolute Gasteiger partial charge is 0.152 e. The summed E-state index contributed by atoms with van der Waals surface area (Å²) in [7, 11) is -2.98. The zero-order valence-electron chi connectivity index (χ0n) is 10.5. The van der Waals surface area contributed by atoms with Crippen LogP contribution in [0, 0.1) is 0 Å². The van der Waals surface area contributed by atoms with E-state index in [2.05, 4.69) is 10.3 Å². The van der Waals surface area contributed by atoms with Crippen molar-refractivity contribution in [3.05, 3.63) is 11.9 Å². The van der Waals surface area contributed by atoms with Crippen molar-refractivity contribution in [1.29, 1.82) is 0 Å². The fourth-order valence-corrected chi connectivity index (χ4v) is 2.64. The van der Waals surface area contributed by atoms with E-state index >= 15 is 0 Å². The van der Waals surface area contributed by atoms with Gasteiger partial charge in [0.1, 0.15) is 5.69 Å². The number of nitrogens with zero attached hydrogens (tertiary/aromatic N) is 3. The molecule has 0 aliphatic rings. The first-order valence-corrected chi connectivity index (χ1v) is 7.46. The molecule has 0 aromatic carbocycles. The molecule has 0 bridgehead atoms. The predicted octanol–water partition coefficient (Wildman–Crippen LogP) is 0.297. The number of hydrogen-bond acceptors (Lipinski definition) is 5. The molecule has 0 unspecified atom stereocenters. The third-order valence-electron chi connectivity index (χ3n) is 2.35. The molecule has 7 heteroatoms. The van der Waals surface area contributed by atoms with Gasteiger partial charge in [0.15, 0.2) is 9.84 Å². The third kappa shape index (κ3) is 4.43. The molecule has 17 heavy (non-hydrogen) atoms. The van der Waals surface area contributed by atoms with Crippen LogP contribution in [0.2, 0.25) is 0 Å². The molecule has 1 rings (SSSR count). The molecule has 0 amide bonds. The Morgan fingerprint density at radius 3 is 2.53 bits per heavy atom. The SMILES string of the molecule is CCCS(=O)(=O)CCn1cc(C(C)(C)N)nn1. The predicted molar refractivity (Wildman–Crippen MR) is 66.2 cm³/mol. The highest BCUT2D eigenvalue weighted by molar-refractivity contribution is 7.91. The summed E-state index contributed by atoms with van der Waals surface area (Å²) in [5, 5.41) is 7.80. The molecule has 2 N–H and O–H groups in total. The van der Waals surface area contributed by atoms with Crippen molar-refractivity contribution in [1.82, 2.24) is 15.0 Å². The van der Waals surface area contributed by atoms with Gasteiger partial charge < -0.3 is 5.73 Å². The number of nitrogens with two attached hydrogens (primary N) is 1. The van der Waals surface area contributed by atoms with Gasteiger partial charge in [-0.25, -0.2) is 8.42 Å². The molecule has 0 spiro atoms. The first-order chi connectivity index (χ1) is 7.74. The number of aryl methyl sites for hydroxylation is 1. The highest BCUT2D eigenvalue weighted by Crippen LogP contribution is 2.12. The number of sulfone groups is 1. The second-order valence-corrected chi connectivity index (χ2v) is 7.04. The van der Waals surface area contributed by atoms with Crippen molar-refractivity contribution in [3.63, 3.8) is 0 Å². The minimum atomic E-state index is -2.98. The molecule has 0 radical (unpaired) electrons. The molecule has 0 fully saturated rings. The molecule has 0 aliphatic carbocycles. The number of hydrogen-bond donors (Lipinski definition) is 1. The first-order valence-electron chi connectivity index (χ1n) is 5.64. The molecule has 0 atom stereocenters. The maximum Gasteiger partial charge on any atom is 0.152 e. The van der Waals surface area contributed by atoms with Crippen LogP contribution in [0.15, 0.2) is 6.20 Å². The van der Waals surface area contributed by atoms with E-state index in [0.29, 0.717) is 18.7 Å². The van der Waals surface area contributed by atoms with Crippen molar-refractivity contribution in [2.45, 2.75) is 39.3 Å². The Morgan fingerprint density at radius 1 is 1.41 bits per heavy atom. The largest absolute Gasteiger partial charge is 0.320 e. The van der Waals surface area contributed by atoms with Gasteiger partial charge in [-0.05, 0) is 20.3 Å². The minimum Gasteiger partial charge on any atom is -0.320 e. The van der Waals surface area contributed by atoms with Gasteiger partial charge in [0.05, 0.1) is 24.0 Å². The van der Waals surface area contributed by atoms with E-state index in [9.17, 15) is 8.42 Å². The van der Waals surface area contributed by atoms with Gasteiger partial charge in [-0.1, -0.05) is 12.1 Å². The average molecular weight is 260 g/mol. The molecule has 98 valence electrons. The van der Waals surface area contributed by atoms with Crippen LogP contribution in [0.1, 0.15) is 32.9 Å². The van der Waals surface area contributed by atoms with Gasteiger partial charge in [-0.15, -0.1) is 5.10 Å². The van der Waals surface area contributed by atoms with Crippen LogP contribution in [-0.4, -0.2) is 34.9 Å². The van der Waals surface area contributed by atoms with Crippen LogP contribution in [-0.2, 0) is 21.9 Å². The molecule has 0 saturated carbocycles. The van der Waals surface area contributed by atoms with Gasteiger partial charge in [0.2, 0.25) is 0 Å². The fraction of sp³-hybridized carbons (Fsp3) is 0.800. The Hall–Kier alpha value is -0.950. The van der Waals surface area contributed by atoms with Gasteiger partial charge >= 0.3 is 0 Å². The standard InChI is InChI=1S/C10H20N4O2S/c1-4-6-17(15,16)7-5-14-8-9(12-13-14)10(2,3)11/h8H,4-7,11H2,1-3H3. The van der Waals surface area contributed by atoms with Crippen LogP contribution in [0.4, 0.5) is 0 Å². The maximum absolute atomic E-state index is 11.5. The molecule has 1 aromatic heterocycles. The number of rotatable bonds is 6. The summed E-state index contributed by atoms with van der Waals surface area (Å²) >= 11 is 0. The van der Waals surface area contributed by atoms with Gasteiger partial charge in [-0.3, -0.25) is 4.68 Å². The maximum atomic E-state index is 11.5. The highest BCUT2D eigenvalue weighted by atomic mass is 32.2. The zero-order valence-corrected chi connectivity index (χ0v) is 11.4. The van der Waals surface area contributed by atoms with Crippen LogP contribution >= 0.6 is 0 Å². The molecule has 1 heterocycles. The van der Waals surface area contributed by atoms with Crippen LogP contribution < -0.4 is 5.73 Å². The van der Waals surface area contributed by atoms with Crippen LogP contribution in [0.25, 0.3) is 0 Å². The second kappa shape index (κ2) is 5.14. The van der Waals surface area contributed by atoms with E-state index in [1.807, 2.05) is 20.8 Å². The first kappa shape index (κ1) is 14.1. The van der Waals surface area contributed by atoms with Crippen molar-refractivity contribution < 1.29 is 8.42 Å². The van der Waals surface area contributed by atoms with Crippen molar-refractivity contribution in [2.75, 3.05) is 11.5 Å². The summed E-state index contributed by atoms with van der Waals surface area (Å²) in [6, 6.07) is 0. The van der Waals surface area contributed by atoms with Gasteiger partial charge in [0, 0.05) is 5.75 Å². The summed E-state index contributed by atoms with van der Waals surface area (Å²) < 4.78 is 24.6. The van der Waals surface area contributed by atoms with Crippen LogP contribution in [0.5, 0.6) is 0 Å². The minimum absolute atomic E-state index is 0.0919. The Morgan fingerprint density at radius 2 is 2.06 bits per heavy atom. The highest BCUT2D eigenvalue weighted by Gasteiger charge is 2.18. The molecular formula is C10H20N4O2S. The van der Waals surface area contributed by atoms with E-state index in [4.69, 9.17) is 5.73 Å². The summed E-state index contributed by atoms with van der Waals surface area (Å²) in [6.45, 7) is 5.83. The summed E-state index contributed by atoms with van der Waals surface area (Å²) in [5.74, 6) is 0.311. The lowest BCUT2D eigenvalue weighted by molar-refractivity contribution is 0.533. The molecular weight excluding hydrogens is 240 g/mol. The quantitative estimate of drug-likeness (QED) is 0.794. The van der Waals surface area contributed by atoms with Gasteiger partial charge in [0.25, 0.3) is 0 Å². The topological polar surface area (TPSA) is 90.9 Å². The zero-order chi connectivity index (χ0) is 13.1. The van der Waals surface area contributed by atoms with E-state index in [-0.39, 0.29) is 11.5 Å². The molecule has 1 aromatic rings. The lowest BCUT2D eigenvalue weighted by atomic mass is 10.0. The number of aromatic nitrogens is 3. The second-order valence-electron chi connectivity index (χ2n) is 4.74. The summed E-state index contributed by atoms with van der Waals surface area (Å²) in [4.78, 5) is 0. The Kier molecular flexibility index (Phi) is 4.26. The van der Waals surface area contributed by atoms with E-state index in [1.165, 1.54) is 4.68 Å². The van der Waals surface area contributed by atoms with E-state index < -0.39 is 15.4 Å². The lowest BCUT2D eigenvalue weighted by Crippen LogP contribution is -2.29. The Balaban J connectivity index is 2.63. The van der Waals surface area contributed by atoms with E-state index in [0.717, 1.165) is 0 Å². The van der Waals surface area contributed by atoms with Crippen molar-refractivity contribution in [3.8, 4) is 0 Å². The summed E-state index contributed by atoms with van der Waals surface area (Å²) in [6.07, 6.45) is 2.34. The monoisotopic (exact) mass is 260 g/mol. The van der Waals surface area contributed by atoms with Crippen molar-refractivity contribution >= 4 is 9.84 Å². The molecule has 0 aliphatic heterocycles. The third-order valence-corrected chi connectivity index (χ3v) is 4.18.